The molecule has 0 saturated carbocycles. The molecule has 0 amide bonds. The molecule has 0 radical (unpaired) electrons. The number of hydrogen-bond acceptors (Lipinski definition) is 1. The average Bonchev–Trinajstić information content (AvgIpc) is 2.23. The van der Waals surface area contributed by atoms with Crippen molar-refractivity contribution >= 4 is 0 Å². The van der Waals surface area contributed by atoms with Gasteiger partial charge in [0.15, 0.2) is 0 Å². The highest BCUT2D eigenvalue weighted by Crippen LogP contribution is 2.40. The predicted octanol–water partition coefficient (Wildman–Crippen LogP) is 4.06. The molecule has 0 aliphatic carbocycles. The van der Waals surface area contributed by atoms with Gasteiger partial charge in [-0.05, 0) is 24.2 Å². The van der Waals surface area contributed by atoms with Gasteiger partial charge >= 0.3 is 12.4 Å². The van der Waals surface area contributed by atoms with Gasteiger partial charge in [-0.1, -0.05) is 13.0 Å². The maximum atomic E-state index is 12.8. The first-order valence-electron chi connectivity index (χ1n) is 5.24. The van der Waals surface area contributed by atoms with Gasteiger partial charge < -0.3 is 5.32 Å². The molecule has 8 heteroatoms. The van der Waals surface area contributed by atoms with Crippen molar-refractivity contribution in [3.8, 4) is 0 Å². The van der Waals surface area contributed by atoms with Crippen LogP contribution in [0, 0.1) is 5.82 Å². The van der Waals surface area contributed by atoms with Gasteiger partial charge in [0.2, 0.25) is 0 Å². The molecule has 108 valence electrons. The van der Waals surface area contributed by atoms with Crippen LogP contribution in [0.25, 0.3) is 0 Å². The molecule has 0 saturated heterocycles. The van der Waals surface area contributed by atoms with E-state index in [1.54, 1.807) is 0 Å². The second-order valence-electron chi connectivity index (χ2n) is 3.76. The van der Waals surface area contributed by atoms with E-state index in [0.29, 0.717) is 12.1 Å². The van der Waals surface area contributed by atoms with Gasteiger partial charge in [0, 0.05) is 0 Å². The molecule has 0 aliphatic heterocycles. The van der Waals surface area contributed by atoms with E-state index < -0.39 is 35.3 Å². The smallest absolute Gasteiger partial charge is 0.303 e. The van der Waals surface area contributed by atoms with E-state index in [1.807, 2.05) is 5.32 Å². The standard InChI is InChI=1S/C11H10F7N/c1-2-19-9(11(16,17)18)7-4-3-6(12)5-8(7)10(13,14)15/h3-5,9,19H,2H2,1H3. The van der Waals surface area contributed by atoms with E-state index in [0.717, 1.165) is 0 Å². The van der Waals surface area contributed by atoms with Crippen LogP contribution in [0.3, 0.4) is 0 Å². The average molecular weight is 289 g/mol. The Hall–Kier alpha value is -1.31. The minimum atomic E-state index is -5.06. The Labute approximate surface area is 104 Å². The summed E-state index contributed by atoms with van der Waals surface area (Å²) in [5.41, 5.74) is -2.67. The molecule has 1 aromatic rings. The molecule has 0 spiro atoms. The molecule has 0 aliphatic rings. The molecule has 19 heavy (non-hydrogen) atoms. The fourth-order valence-electron chi connectivity index (χ4n) is 1.63. The second-order valence-corrected chi connectivity index (χ2v) is 3.76. The highest BCUT2D eigenvalue weighted by Gasteiger charge is 2.45. The third kappa shape index (κ3) is 3.82. The molecule has 1 rings (SSSR count). The molecular weight excluding hydrogens is 279 g/mol. The van der Waals surface area contributed by atoms with Crippen LogP contribution in [0.15, 0.2) is 18.2 Å². The predicted molar refractivity (Wildman–Crippen MR) is 53.9 cm³/mol. The molecule has 1 unspecified atom stereocenters. The Morgan fingerprint density at radius 2 is 1.68 bits per heavy atom. The van der Waals surface area contributed by atoms with Crippen LogP contribution in [0.4, 0.5) is 30.7 Å². The Morgan fingerprint density at radius 3 is 2.11 bits per heavy atom. The zero-order chi connectivity index (χ0) is 14.8. The zero-order valence-corrected chi connectivity index (χ0v) is 9.66. The summed E-state index contributed by atoms with van der Waals surface area (Å²) in [7, 11) is 0. The van der Waals surface area contributed by atoms with Crippen LogP contribution >= 0.6 is 0 Å². The van der Waals surface area contributed by atoms with Gasteiger partial charge in [0.1, 0.15) is 11.9 Å². The van der Waals surface area contributed by atoms with Crippen molar-refractivity contribution in [2.45, 2.75) is 25.3 Å². The Balaban J connectivity index is 3.38. The molecule has 1 aromatic carbocycles. The largest absolute Gasteiger partial charge is 0.416 e. The monoisotopic (exact) mass is 289 g/mol. The first-order chi connectivity index (χ1) is 8.57. The molecule has 1 nitrogen and oxygen atoms in total. The quantitative estimate of drug-likeness (QED) is 0.827. The number of halogens is 7. The Bertz CT molecular complexity index is 436. The van der Waals surface area contributed by atoms with Crippen LogP contribution in [0.1, 0.15) is 24.1 Å². The lowest BCUT2D eigenvalue weighted by Crippen LogP contribution is -2.35. The van der Waals surface area contributed by atoms with E-state index >= 15 is 0 Å². The first-order valence-corrected chi connectivity index (χ1v) is 5.24. The summed E-state index contributed by atoms with van der Waals surface area (Å²) in [5, 5.41) is 1.92. The molecule has 1 N–H and O–H groups in total. The topological polar surface area (TPSA) is 12.0 Å². The van der Waals surface area contributed by atoms with E-state index in [-0.39, 0.29) is 12.6 Å². The van der Waals surface area contributed by atoms with Gasteiger partial charge in [-0.25, -0.2) is 4.39 Å². The fourth-order valence-corrected chi connectivity index (χ4v) is 1.63. The zero-order valence-electron chi connectivity index (χ0n) is 9.66. The van der Waals surface area contributed by atoms with Gasteiger partial charge in [0.05, 0.1) is 5.56 Å². The van der Waals surface area contributed by atoms with E-state index in [1.165, 1.54) is 6.92 Å². The first kappa shape index (κ1) is 15.7. The summed E-state index contributed by atoms with van der Waals surface area (Å²) in [5.74, 6) is -1.24. The van der Waals surface area contributed by atoms with E-state index in [9.17, 15) is 30.7 Å². The van der Waals surface area contributed by atoms with Crippen LogP contribution in [-0.4, -0.2) is 12.7 Å². The fraction of sp³-hybridized carbons (Fsp3) is 0.455. The van der Waals surface area contributed by atoms with Crippen molar-refractivity contribution in [1.29, 1.82) is 0 Å². The molecule has 0 aromatic heterocycles. The highest BCUT2D eigenvalue weighted by molar-refractivity contribution is 5.34. The summed E-state index contributed by atoms with van der Waals surface area (Å²) >= 11 is 0. The Kier molecular flexibility index (Phi) is 4.44. The normalized spacial score (nSPS) is 14.5. The van der Waals surface area contributed by atoms with Crippen molar-refractivity contribution in [3.05, 3.63) is 35.1 Å². The number of nitrogens with one attached hydrogen (secondary N) is 1. The van der Waals surface area contributed by atoms with Crippen molar-refractivity contribution in [3.63, 3.8) is 0 Å². The third-order valence-electron chi connectivity index (χ3n) is 2.37. The van der Waals surface area contributed by atoms with E-state index in [2.05, 4.69) is 0 Å². The summed E-state index contributed by atoms with van der Waals surface area (Å²) in [4.78, 5) is 0. The summed E-state index contributed by atoms with van der Waals surface area (Å²) < 4.78 is 89.0. The summed E-state index contributed by atoms with van der Waals surface area (Å²) in [6.45, 7) is 1.15. The van der Waals surface area contributed by atoms with Crippen molar-refractivity contribution in [2.75, 3.05) is 6.54 Å². The maximum Gasteiger partial charge on any atom is 0.416 e. The maximum absolute atomic E-state index is 12.8. The molecular formula is C11H10F7N. The summed E-state index contributed by atoms with van der Waals surface area (Å²) in [6, 6.07) is -1.36. The van der Waals surface area contributed by atoms with Crippen molar-refractivity contribution < 1.29 is 30.7 Å². The van der Waals surface area contributed by atoms with Gasteiger partial charge in [-0.3, -0.25) is 0 Å². The van der Waals surface area contributed by atoms with Crippen molar-refractivity contribution in [2.24, 2.45) is 0 Å². The lowest BCUT2D eigenvalue weighted by atomic mass is 9.99. The Morgan fingerprint density at radius 1 is 1.11 bits per heavy atom. The van der Waals surface area contributed by atoms with Gasteiger partial charge in [-0.2, -0.15) is 26.3 Å². The van der Waals surface area contributed by atoms with Crippen molar-refractivity contribution in [1.82, 2.24) is 5.32 Å². The lowest BCUT2D eigenvalue weighted by Gasteiger charge is -2.24. The van der Waals surface area contributed by atoms with Crippen LogP contribution in [-0.2, 0) is 6.18 Å². The van der Waals surface area contributed by atoms with E-state index in [4.69, 9.17) is 0 Å². The third-order valence-corrected chi connectivity index (χ3v) is 2.37. The van der Waals surface area contributed by atoms with Crippen LogP contribution in [0.2, 0.25) is 0 Å². The van der Waals surface area contributed by atoms with Crippen LogP contribution in [0.5, 0.6) is 0 Å². The number of alkyl halides is 6. The molecule has 0 heterocycles. The van der Waals surface area contributed by atoms with Gasteiger partial charge in [-0.15, -0.1) is 0 Å². The lowest BCUT2D eigenvalue weighted by molar-refractivity contribution is -0.162. The van der Waals surface area contributed by atoms with Crippen LogP contribution < -0.4 is 5.32 Å². The summed E-state index contributed by atoms with van der Waals surface area (Å²) in [6.07, 6.45) is -9.97. The molecule has 0 fully saturated rings. The minimum Gasteiger partial charge on any atom is -0.303 e. The highest BCUT2D eigenvalue weighted by atomic mass is 19.4. The second kappa shape index (κ2) is 5.36. The minimum absolute atomic E-state index is 0.0609. The number of benzene rings is 1. The SMILES string of the molecule is CCNC(c1ccc(F)cc1C(F)(F)F)C(F)(F)F. The van der Waals surface area contributed by atoms with Gasteiger partial charge in [0.25, 0.3) is 0 Å². The number of hydrogen-bond donors (Lipinski definition) is 1. The molecule has 0 bridgehead atoms. The molecule has 1 atom stereocenters. The number of rotatable bonds is 3.